The molecule has 0 aromatic heterocycles. The largest absolute Gasteiger partial charge is 0.207 e. The highest BCUT2D eigenvalue weighted by Gasteiger charge is 2.12. The number of halogens is 3. The molecule has 100 valence electrons. The molecule has 1 unspecified atom stereocenters. The van der Waals surface area contributed by atoms with Crippen LogP contribution in [0.1, 0.15) is 11.1 Å². The molecular weight excluding hydrogens is 327 g/mol. The molecule has 2 aromatic carbocycles. The van der Waals surface area contributed by atoms with E-state index >= 15 is 0 Å². The Morgan fingerprint density at radius 1 is 1.05 bits per heavy atom. The van der Waals surface area contributed by atoms with E-state index in [2.05, 4.69) is 28.1 Å². The fraction of sp³-hybridized carbons (Fsp3) is 0.250. The number of hydrogen-bond donors (Lipinski definition) is 0. The van der Waals surface area contributed by atoms with Crippen molar-refractivity contribution in [1.82, 2.24) is 0 Å². The van der Waals surface area contributed by atoms with Gasteiger partial charge in [0.15, 0.2) is 0 Å². The second kappa shape index (κ2) is 7.06. The molecule has 0 aliphatic rings. The van der Waals surface area contributed by atoms with Gasteiger partial charge in [0.05, 0.1) is 0 Å². The maximum absolute atomic E-state index is 13.3. The summed E-state index contributed by atoms with van der Waals surface area (Å²) >= 11 is 9.51. The molecule has 0 saturated heterocycles. The molecule has 2 rings (SSSR count). The molecule has 0 bridgehead atoms. The second-order valence-corrected chi connectivity index (χ2v) is 5.81. The fourth-order valence-electron chi connectivity index (χ4n) is 2.14. The Morgan fingerprint density at radius 2 is 1.79 bits per heavy atom. The van der Waals surface area contributed by atoms with E-state index in [1.54, 1.807) is 12.1 Å². The number of benzene rings is 2. The number of hydrogen-bond acceptors (Lipinski definition) is 0. The van der Waals surface area contributed by atoms with Gasteiger partial charge >= 0.3 is 0 Å². The maximum atomic E-state index is 13.3. The molecule has 0 amide bonds. The Labute approximate surface area is 126 Å². The van der Waals surface area contributed by atoms with Crippen LogP contribution in [0.25, 0.3) is 0 Å². The Hall–Kier alpha value is -0.860. The zero-order valence-corrected chi connectivity index (χ0v) is 12.8. The summed E-state index contributed by atoms with van der Waals surface area (Å²) < 4.78 is 14.2. The number of rotatable bonds is 5. The minimum Gasteiger partial charge on any atom is -0.207 e. The first-order chi connectivity index (χ1) is 9.19. The maximum Gasteiger partial charge on any atom is 0.123 e. The van der Waals surface area contributed by atoms with E-state index in [-0.39, 0.29) is 5.82 Å². The average Bonchev–Trinajstić information content (AvgIpc) is 2.43. The van der Waals surface area contributed by atoms with Gasteiger partial charge in [0.2, 0.25) is 0 Å². The molecule has 0 fully saturated rings. The van der Waals surface area contributed by atoms with Crippen LogP contribution in [0.3, 0.4) is 0 Å². The number of alkyl halides is 1. The Kier molecular flexibility index (Phi) is 5.41. The molecule has 0 spiro atoms. The van der Waals surface area contributed by atoms with Crippen molar-refractivity contribution < 1.29 is 4.39 Å². The third-order valence-electron chi connectivity index (χ3n) is 3.10. The molecule has 0 saturated carbocycles. The van der Waals surface area contributed by atoms with Gasteiger partial charge in [0, 0.05) is 10.4 Å². The molecule has 3 heteroatoms. The van der Waals surface area contributed by atoms with E-state index in [0.717, 1.165) is 22.9 Å². The highest BCUT2D eigenvalue weighted by atomic mass is 79.9. The summed E-state index contributed by atoms with van der Waals surface area (Å²) in [6.07, 6.45) is 1.68. The zero-order chi connectivity index (χ0) is 13.7. The summed E-state index contributed by atoms with van der Waals surface area (Å²) in [7, 11) is 0. The summed E-state index contributed by atoms with van der Waals surface area (Å²) in [5, 5.41) is 0. The lowest BCUT2D eigenvalue weighted by atomic mass is 9.94. The Morgan fingerprint density at radius 3 is 2.47 bits per heavy atom. The first kappa shape index (κ1) is 14.5. The Bertz CT molecular complexity index is 528. The molecule has 0 aliphatic heterocycles. The summed E-state index contributed by atoms with van der Waals surface area (Å²) in [6.45, 7) is 0. The van der Waals surface area contributed by atoms with Crippen LogP contribution in [0.4, 0.5) is 4.39 Å². The molecule has 0 N–H and O–H groups in total. The third kappa shape index (κ3) is 4.32. The van der Waals surface area contributed by atoms with Gasteiger partial charge in [-0.05, 0) is 48.1 Å². The van der Waals surface area contributed by atoms with Crippen LogP contribution in [-0.2, 0) is 12.8 Å². The lowest BCUT2D eigenvalue weighted by molar-refractivity contribution is 0.575. The first-order valence-electron chi connectivity index (χ1n) is 6.23. The topological polar surface area (TPSA) is 0 Å². The van der Waals surface area contributed by atoms with Gasteiger partial charge in [-0.25, -0.2) is 4.39 Å². The highest BCUT2D eigenvalue weighted by Crippen LogP contribution is 2.23. The first-order valence-corrected chi connectivity index (χ1v) is 7.55. The normalized spacial score (nSPS) is 12.4. The van der Waals surface area contributed by atoms with Crippen molar-refractivity contribution in [1.29, 1.82) is 0 Å². The van der Waals surface area contributed by atoms with E-state index < -0.39 is 0 Å². The fourth-order valence-corrected chi connectivity index (χ4v) is 2.77. The smallest absolute Gasteiger partial charge is 0.123 e. The minimum atomic E-state index is -0.203. The molecule has 0 aliphatic carbocycles. The molecule has 2 aromatic rings. The van der Waals surface area contributed by atoms with Gasteiger partial charge in [-0.3, -0.25) is 0 Å². The molecule has 0 nitrogen and oxygen atoms in total. The Balaban J connectivity index is 2.09. The van der Waals surface area contributed by atoms with Gasteiger partial charge in [-0.15, -0.1) is 11.6 Å². The van der Waals surface area contributed by atoms with Gasteiger partial charge in [-0.2, -0.15) is 0 Å². The molecule has 1 atom stereocenters. The predicted octanol–water partition coefficient (Wildman–Crippen LogP) is 5.23. The van der Waals surface area contributed by atoms with Crippen LogP contribution in [0.2, 0.25) is 0 Å². The lowest BCUT2D eigenvalue weighted by Crippen LogP contribution is -2.10. The SMILES string of the molecule is Fc1ccc(Br)c(CC(CCl)Cc2ccccc2)c1. The van der Waals surface area contributed by atoms with Crippen molar-refractivity contribution in [2.45, 2.75) is 12.8 Å². The molecule has 0 heterocycles. The van der Waals surface area contributed by atoms with Crippen molar-refractivity contribution in [3.05, 3.63) is 69.9 Å². The van der Waals surface area contributed by atoms with E-state index in [1.165, 1.54) is 11.6 Å². The summed E-state index contributed by atoms with van der Waals surface area (Å²) in [4.78, 5) is 0. The van der Waals surface area contributed by atoms with Gasteiger partial charge < -0.3 is 0 Å². The standard InChI is InChI=1S/C16H15BrClF/c17-16-7-6-15(19)10-14(16)9-13(11-18)8-12-4-2-1-3-5-12/h1-7,10,13H,8-9,11H2. The second-order valence-electron chi connectivity index (χ2n) is 4.65. The van der Waals surface area contributed by atoms with Crippen LogP contribution < -0.4 is 0 Å². The van der Waals surface area contributed by atoms with Crippen LogP contribution in [-0.4, -0.2) is 5.88 Å². The predicted molar refractivity (Wildman–Crippen MR) is 82.2 cm³/mol. The lowest BCUT2D eigenvalue weighted by Gasteiger charge is -2.15. The van der Waals surface area contributed by atoms with E-state index in [1.807, 2.05) is 18.2 Å². The van der Waals surface area contributed by atoms with Gasteiger partial charge in [-0.1, -0.05) is 46.3 Å². The van der Waals surface area contributed by atoms with Crippen LogP contribution in [0.5, 0.6) is 0 Å². The molecule has 0 radical (unpaired) electrons. The van der Waals surface area contributed by atoms with Crippen LogP contribution >= 0.6 is 27.5 Å². The highest BCUT2D eigenvalue weighted by molar-refractivity contribution is 9.10. The van der Waals surface area contributed by atoms with Crippen LogP contribution in [0, 0.1) is 11.7 Å². The van der Waals surface area contributed by atoms with Gasteiger partial charge in [0.25, 0.3) is 0 Å². The van der Waals surface area contributed by atoms with Crippen molar-refractivity contribution in [2.75, 3.05) is 5.88 Å². The average molecular weight is 342 g/mol. The molecule has 19 heavy (non-hydrogen) atoms. The van der Waals surface area contributed by atoms with E-state index in [4.69, 9.17) is 11.6 Å². The zero-order valence-electron chi connectivity index (χ0n) is 10.5. The van der Waals surface area contributed by atoms with Crippen molar-refractivity contribution in [2.24, 2.45) is 5.92 Å². The van der Waals surface area contributed by atoms with Crippen LogP contribution in [0.15, 0.2) is 53.0 Å². The van der Waals surface area contributed by atoms with Crippen molar-refractivity contribution >= 4 is 27.5 Å². The van der Waals surface area contributed by atoms with E-state index in [9.17, 15) is 4.39 Å². The summed E-state index contributed by atoms with van der Waals surface area (Å²) in [6, 6.07) is 15.0. The van der Waals surface area contributed by atoms with Gasteiger partial charge in [0.1, 0.15) is 5.82 Å². The minimum absolute atomic E-state index is 0.203. The van der Waals surface area contributed by atoms with Crippen molar-refractivity contribution in [3.63, 3.8) is 0 Å². The van der Waals surface area contributed by atoms with E-state index in [0.29, 0.717) is 11.8 Å². The van der Waals surface area contributed by atoms with Crippen molar-refractivity contribution in [3.8, 4) is 0 Å². The summed E-state index contributed by atoms with van der Waals surface area (Å²) in [5.41, 5.74) is 2.24. The summed E-state index contributed by atoms with van der Waals surface area (Å²) in [5.74, 6) is 0.672. The quantitative estimate of drug-likeness (QED) is 0.653. The third-order valence-corrected chi connectivity index (χ3v) is 4.31. The molecular formula is C16H15BrClF. The monoisotopic (exact) mass is 340 g/mol.